The van der Waals surface area contributed by atoms with Gasteiger partial charge in [-0.05, 0) is 39.3 Å². The Morgan fingerprint density at radius 2 is 1.56 bits per heavy atom. The van der Waals surface area contributed by atoms with Gasteiger partial charge in [-0.3, -0.25) is 4.98 Å². The van der Waals surface area contributed by atoms with Gasteiger partial charge in [0, 0.05) is 17.0 Å². The predicted molar refractivity (Wildman–Crippen MR) is 73.7 cm³/mol. The largest absolute Gasteiger partial charge is 0.384 e. The van der Waals surface area contributed by atoms with Crippen LogP contribution in [0.4, 0.5) is 0 Å². The lowest BCUT2D eigenvalue weighted by atomic mass is 9.97. The van der Waals surface area contributed by atoms with Gasteiger partial charge in [-0.15, -0.1) is 0 Å². The summed E-state index contributed by atoms with van der Waals surface area (Å²) in [5.74, 6) is 0. The molecule has 2 heteroatoms. The number of aliphatic hydroxyl groups excluding tert-OH is 1. The molecule has 1 heterocycles. The monoisotopic (exact) mass is 241 g/mol. The van der Waals surface area contributed by atoms with Crippen LogP contribution in [-0.4, -0.2) is 10.1 Å². The highest BCUT2D eigenvalue weighted by Gasteiger charge is 2.14. The van der Waals surface area contributed by atoms with Crippen molar-refractivity contribution in [2.45, 2.75) is 33.8 Å². The first-order chi connectivity index (χ1) is 8.47. The maximum Gasteiger partial charge on any atom is 0.106 e. The average Bonchev–Trinajstić information content (AvgIpc) is 2.26. The fourth-order valence-corrected chi connectivity index (χ4v) is 2.33. The van der Waals surface area contributed by atoms with Gasteiger partial charge in [0.05, 0.1) is 0 Å². The standard InChI is InChI=1S/C16H19NO/c1-10-7-11(2)9-14(8-10)16(18)15-6-5-12(3)17-13(15)4/h5-9,16,18H,1-4H3. The molecule has 1 unspecified atom stereocenters. The summed E-state index contributed by atoms with van der Waals surface area (Å²) in [6, 6.07) is 10.1. The van der Waals surface area contributed by atoms with Crippen LogP contribution in [-0.2, 0) is 0 Å². The average molecular weight is 241 g/mol. The predicted octanol–water partition coefficient (Wildman–Crippen LogP) is 3.40. The lowest BCUT2D eigenvalue weighted by Gasteiger charge is -2.15. The van der Waals surface area contributed by atoms with Gasteiger partial charge in [0.2, 0.25) is 0 Å². The molecule has 94 valence electrons. The Morgan fingerprint density at radius 3 is 2.11 bits per heavy atom. The quantitative estimate of drug-likeness (QED) is 0.874. The number of pyridine rings is 1. The molecule has 0 bridgehead atoms. The minimum absolute atomic E-state index is 0.600. The highest BCUT2D eigenvalue weighted by Crippen LogP contribution is 2.25. The van der Waals surface area contributed by atoms with E-state index >= 15 is 0 Å². The first kappa shape index (κ1) is 12.8. The maximum absolute atomic E-state index is 10.5. The van der Waals surface area contributed by atoms with Crippen LogP contribution in [0, 0.1) is 27.7 Å². The van der Waals surface area contributed by atoms with Gasteiger partial charge >= 0.3 is 0 Å². The summed E-state index contributed by atoms with van der Waals surface area (Å²) >= 11 is 0. The van der Waals surface area contributed by atoms with Gasteiger partial charge in [0.25, 0.3) is 0 Å². The number of nitrogens with zero attached hydrogens (tertiary/aromatic N) is 1. The third-order valence-corrected chi connectivity index (χ3v) is 3.12. The Labute approximate surface area is 108 Å². The van der Waals surface area contributed by atoms with E-state index in [1.807, 2.05) is 52.0 Å². The van der Waals surface area contributed by atoms with E-state index in [-0.39, 0.29) is 0 Å². The summed E-state index contributed by atoms with van der Waals surface area (Å²) in [6.07, 6.45) is -0.600. The van der Waals surface area contributed by atoms with Gasteiger partial charge < -0.3 is 5.11 Å². The van der Waals surface area contributed by atoms with E-state index in [0.29, 0.717) is 0 Å². The van der Waals surface area contributed by atoms with Crippen LogP contribution >= 0.6 is 0 Å². The van der Waals surface area contributed by atoms with E-state index in [9.17, 15) is 5.11 Å². The van der Waals surface area contributed by atoms with Crippen LogP contribution in [0.1, 0.15) is 39.7 Å². The second kappa shape index (κ2) is 4.91. The van der Waals surface area contributed by atoms with Crippen molar-refractivity contribution in [3.8, 4) is 0 Å². The van der Waals surface area contributed by atoms with Crippen LogP contribution < -0.4 is 0 Å². The van der Waals surface area contributed by atoms with Crippen molar-refractivity contribution < 1.29 is 5.11 Å². The van der Waals surface area contributed by atoms with Crippen LogP contribution in [0.2, 0.25) is 0 Å². The van der Waals surface area contributed by atoms with Crippen LogP contribution in [0.15, 0.2) is 30.3 Å². The van der Waals surface area contributed by atoms with Gasteiger partial charge in [-0.2, -0.15) is 0 Å². The van der Waals surface area contributed by atoms with E-state index in [1.54, 1.807) is 0 Å². The summed E-state index contributed by atoms with van der Waals surface area (Å²) in [7, 11) is 0. The number of aliphatic hydroxyl groups is 1. The van der Waals surface area contributed by atoms with Crippen molar-refractivity contribution >= 4 is 0 Å². The zero-order valence-electron chi connectivity index (χ0n) is 11.4. The topological polar surface area (TPSA) is 33.1 Å². The van der Waals surface area contributed by atoms with Crippen LogP contribution in [0.25, 0.3) is 0 Å². The van der Waals surface area contributed by atoms with E-state index < -0.39 is 6.10 Å². The minimum atomic E-state index is -0.600. The Bertz CT molecular complexity index is 555. The molecule has 0 spiro atoms. The molecular formula is C16H19NO. The van der Waals surface area contributed by atoms with Gasteiger partial charge in [0.1, 0.15) is 6.10 Å². The van der Waals surface area contributed by atoms with Crippen molar-refractivity contribution in [1.82, 2.24) is 4.98 Å². The molecule has 1 aromatic carbocycles. The molecule has 0 aliphatic rings. The van der Waals surface area contributed by atoms with Crippen LogP contribution in [0.3, 0.4) is 0 Å². The molecule has 2 aromatic rings. The summed E-state index contributed by atoms with van der Waals surface area (Å²) in [6.45, 7) is 7.99. The highest BCUT2D eigenvalue weighted by molar-refractivity contribution is 5.37. The number of rotatable bonds is 2. The lowest BCUT2D eigenvalue weighted by Crippen LogP contribution is -2.04. The summed E-state index contributed by atoms with van der Waals surface area (Å²) in [4.78, 5) is 4.41. The Balaban J connectivity index is 2.44. The zero-order chi connectivity index (χ0) is 13.3. The molecule has 1 atom stereocenters. The van der Waals surface area contributed by atoms with E-state index in [4.69, 9.17) is 0 Å². The second-order valence-corrected chi connectivity index (χ2v) is 4.95. The van der Waals surface area contributed by atoms with Gasteiger partial charge in [0.15, 0.2) is 0 Å². The number of hydrogen-bond donors (Lipinski definition) is 1. The normalized spacial score (nSPS) is 12.5. The minimum Gasteiger partial charge on any atom is -0.384 e. The lowest BCUT2D eigenvalue weighted by molar-refractivity contribution is 0.219. The molecule has 1 aromatic heterocycles. The SMILES string of the molecule is Cc1cc(C)cc(C(O)c2ccc(C)nc2C)c1. The molecular weight excluding hydrogens is 222 g/mol. The molecule has 2 nitrogen and oxygen atoms in total. The molecule has 0 saturated carbocycles. The van der Waals surface area contributed by atoms with E-state index in [2.05, 4.69) is 11.1 Å². The summed E-state index contributed by atoms with van der Waals surface area (Å²) in [5, 5.41) is 10.5. The molecule has 1 N–H and O–H groups in total. The molecule has 0 amide bonds. The van der Waals surface area contributed by atoms with Crippen molar-refractivity contribution in [3.05, 3.63) is 64.0 Å². The fraction of sp³-hybridized carbons (Fsp3) is 0.312. The molecule has 0 radical (unpaired) electrons. The van der Waals surface area contributed by atoms with Crippen molar-refractivity contribution in [3.63, 3.8) is 0 Å². The molecule has 0 fully saturated rings. The summed E-state index contributed by atoms with van der Waals surface area (Å²) < 4.78 is 0. The van der Waals surface area contributed by atoms with Crippen molar-refractivity contribution in [1.29, 1.82) is 0 Å². The third kappa shape index (κ3) is 2.59. The molecule has 0 aliphatic carbocycles. The maximum atomic E-state index is 10.5. The van der Waals surface area contributed by atoms with Gasteiger partial charge in [-0.1, -0.05) is 35.4 Å². The molecule has 0 aliphatic heterocycles. The Kier molecular flexibility index (Phi) is 3.48. The fourth-order valence-electron chi connectivity index (χ4n) is 2.33. The first-order valence-electron chi connectivity index (χ1n) is 6.18. The second-order valence-electron chi connectivity index (χ2n) is 4.95. The number of aryl methyl sites for hydroxylation is 4. The molecule has 0 saturated heterocycles. The van der Waals surface area contributed by atoms with Crippen LogP contribution in [0.5, 0.6) is 0 Å². The molecule has 2 rings (SSSR count). The zero-order valence-corrected chi connectivity index (χ0v) is 11.4. The number of aromatic nitrogens is 1. The third-order valence-electron chi connectivity index (χ3n) is 3.12. The first-order valence-corrected chi connectivity index (χ1v) is 6.18. The van der Waals surface area contributed by atoms with E-state index in [0.717, 1.165) is 22.5 Å². The summed E-state index contributed by atoms with van der Waals surface area (Å²) in [5.41, 5.74) is 6.01. The number of hydrogen-bond acceptors (Lipinski definition) is 2. The Hall–Kier alpha value is -1.67. The smallest absolute Gasteiger partial charge is 0.106 e. The van der Waals surface area contributed by atoms with Crippen molar-refractivity contribution in [2.75, 3.05) is 0 Å². The van der Waals surface area contributed by atoms with Gasteiger partial charge in [-0.25, -0.2) is 0 Å². The molecule has 18 heavy (non-hydrogen) atoms. The Morgan fingerprint density at radius 1 is 0.944 bits per heavy atom. The van der Waals surface area contributed by atoms with Crippen molar-refractivity contribution in [2.24, 2.45) is 0 Å². The number of benzene rings is 1. The highest BCUT2D eigenvalue weighted by atomic mass is 16.3. The van der Waals surface area contributed by atoms with E-state index in [1.165, 1.54) is 11.1 Å².